The third kappa shape index (κ3) is 3.21. The molecule has 3 aliphatic rings. The van der Waals surface area contributed by atoms with E-state index in [-0.39, 0.29) is 36.1 Å². The van der Waals surface area contributed by atoms with Gasteiger partial charge in [-0.05, 0) is 31.5 Å². The number of nitrogens with zero attached hydrogens (tertiary/aromatic N) is 2. The third-order valence-electron chi connectivity index (χ3n) is 5.46. The van der Waals surface area contributed by atoms with Crippen LogP contribution in [0, 0.1) is 0 Å². The molecule has 0 spiro atoms. The predicted octanol–water partition coefficient (Wildman–Crippen LogP) is -0.568. The molecule has 1 aromatic rings. The van der Waals surface area contributed by atoms with Gasteiger partial charge in [0, 0.05) is 43.7 Å². The Labute approximate surface area is 163 Å². The maximum absolute atomic E-state index is 13.2. The predicted molar refractivity (Wildman–Crippen MR) is 98.7 cm³/mol. The van der Waals surface area contributed by atoms with Crippen LogP contribution in [0.1, 0.15) is 35.2 Å². The molecule has 2 fully saturated rings. The van der Waals surface area contributed by atoms with Gasteiger partial charge in [0.2, 0.25) is 21.8 Å². The van der Waals surface area contributed by atoms with E-state index in [4.69, 9.17) is 0 Å². The van der Waals surface area contributed by atoms with Crippen molar-refractivity contribution in [3.05, 3.63) is 29.3 Å². The quantitative estimate of drug-likeness (QED) is 0.650. The minimum absolute atomic E-state index is 0.0436. The smallest absolute Gasteiger partial charge is 0.255 e. The van der Waals surface area contributed by atoms with Crippen molar-refractivity contribution in [3.8, 4) is 0 Å². The molecule has 150 valence electrons. The highest BCUT2D eigenvalue weighted by atomic mass is 32.2. The molecule has 1 aromatic carbocycles. The molecule has 0 aromatic heterocycles. The van der Waals surface area contributed by atoms with Crippen molar-refractivity contribution in [1.29, 1.82) is 0 Å². The molecule has 1 atom stereocenters. The van der Waals surface area contributed by atoms with Crippen LogP contribution in [0.2, 0.25) is 0 Å². The second-order valence-electron chi connectivity index (χ2n) is 7.19. The van der Waals surface area contributed by atoms with Crippen molar-refractivity contribution >= 4 is 27.7 Å². The normalized spacial score (nSPS) is 24.1. The Kier molecular flexibility index (Phi) is 4.94. The number of nitrogens with one attached hydrogen (secondary N) is 2. The summed E-state index contributed by atoms with van der Waals surface area (Å²) in [5, 5.41) is 5.43. The lowest BCUT2D eigenvalue weighted by Gasteiger charge is -2.29. The molecule has 3 amide bonds. The second kappa shape index (κ2) is 7.26. The minimum atomic E-state index is -3.75. The Hall–Kier alpha value is -2.30. The molecule has 0 radical (unpaired) electrons. The Bertz CT molecular complexity index is 937. The van der Waals surface area contributed by atoms with Crippen molar-refractivity contribution < 1.29 is 22.8 Å². The zero-order valence-corrected chi connectivity index (χ0v) is 16.1. The number of carbonyl (C=O) groups is 3. The van der Waals surface area contributed by atoms with Crippen molar-refractivity contribution in [2.24, 2.45) is 0 Å². The minimum Gasteiger partial charge on any atom is -0.322 e. The number of amides is 3. The molecule has 4 rings (SSSR count). The fourth-order valence-corrected chi connectivity index (χ4v) is 5.71. The van der Waals surface area contributed by atoms with E-state index in [0.717, 1.165) is 13.0 Å². The lowest BCUT2D eigenvalue weighted by Crippen LogP contribution is -2.52. The maximum atomic E-state index is 13.2. The number of piperidine rings is 1. The number of fused-ring (bicyclic) bond motifs is 1. The van der Waals surface area contributed by atoms with E-state index in [2.05, 4.69) is 10.6 Å². The van der Waals surface area contributed by atoms with Gasteiger partial charge in [-0.2, -0.15) is 4.31 Å². The van der Waals surface area contributed by atoms with Crippen LogP contribution in [0.3, 0.4) is 0 Å². The summed E-state index contributed by atoms with van der Waals surface area (Å²) in [5.41, 5.74) is 0.730. The Morgan fingerprint density at radius 1 is 1.07 bits per heavy atom. The van der Waals surface area contributed by atoms with Crippen LogP contribution in [0.5, 0.6) is 0 Å². The molecule has 2 saturated heterocycles. The maximum Gasteiger partial charge on any atom is 0.255 e. The van der Waals surface area contributed by atoms with Crippen molar-refractivity contribution in [2.75, 3.05) is 26.2 Å². The van der Waals surface area contributed by atoms with Gasteiger partial charge >= 0.3 is 0 Å². The fourth-order valence-electron chi connectivity index (χ4n) is 4.00. The Morgan fingerprint density at radius 3 is 2.68 bits per heavy atom. The summed E-state index contributed by atoms with van der Waals surface area (Å²) in [7, 11) is -3.75. The van der Waals surface area contributed by atoms with E-state index in [1.807, 2.05) is 0 Å². The molecule has 1 unspecified atom stereocenters. The molecule has 10 heteroatoms. The first-order valence-electron chi connectivity index (χ1n) is 9.37. The van der Waals surface area contributed by atoms with Gasteiger partial charge in [-0.3, -0.25) is 19.7 Å². The summed E-state index contributed by atoms with van der Waals surface area (Å²) >= 11 is 0. The topological polar surface area (TPSA) is 116 Å². The first-order chi connectivity index (χ1) is 13.4. The molecule has 2 N–H and O–H groups in total. The van der Waals surface area contributed by atoms with E-state index in [1.165, 1.54) is 15.3 Å². The fraction of sp³-hybridized carbons (Fsp3) is 0.500. The first-order valence-corrected chi connectivity index (χ1v) is 10.8. The van der Waals surface area contributed by atoms with Gasteiger partial charge in [0.05, 0.1) is 4.90 Å². The van der Waals surface area contributed by atoms with Gasteiger partial charge in [0.25, 0.3) is 5.91 Å². The number of carbonyl (C=O) groups excluding carboxylic acids is 3. The molecular weight excluding hydrogens is 384 g/mol. The van der Waals surface area contributed by atoms with Crippen LogP contribution in [0.4, 0.5) is 0 Å². The molecule has 0 bridgehead atoms. The number of hydrogen-bond donors (Lipinski definition) is 2. The van der Waals surface area contributed by atoms with Crippen molar-refractivity contribution in [2.45, 2.75) is 36.7 Å². The number of sulfonamides is 1. The van der Waals surface area contributed by atoms with Gasteiger partial charge in [0.15, 0.2) is 0 Å². The molecule has 3 heterocycles. The van der Waals surface area contributed by atoms with Gasteiger partial charge in [-0.25, -0.2) is 8.42 Å². The average molecular weight is 406 g/mol. The van der Waals surface area contributed by atoms with E-state index in [0.29, 0.717) is 30.8 Å². The van der Waals surface area contributed by atoms with Gasteiger partial charge < -0.3 is 10.2 Å². The third-order valence-corrected chi connectivity index (χ3v) is 7.44. The van der Waals surface area contributed by atoms with Crippen molar-refractivity contribution in [1.82, 2.24) is 19.8 Å². The zero-order valence-electron chi connectivity index (χ0n) is 15.3. The Balaban J connectivity index is 1.66. The molecule has 9 nitrogen and oxygen atoms in total. The van der Waals surface area contributed by atoms with E-state index >= 15 is 0 Å². The van der Waals surface area contributed by atoms with E-state index in [9.17, 15) is 22.8 Å². The van der Waals surface area contributed by atoms with Crippen LogP contribution in [0.25, 0.3) is 0 Å². The summed E-state index contributed by atoms with van der Waals surface area (Å²) in [6.07, 6.45) is 1.11. The lowest BCUT2D eigenvalue weighted by molar-refractivity contribution is -0.136. The summed E-state index contributed by atoms with van der Waals surface area (Å²) in [5.74, 6) is -1.25. The monoisotopic (exact) mass is 406 g/mol. The summed E-state index contributed by atoms with van der Waals surface area (Å²) in [6, 6.07) is 3.91. The van der Waals surface area contributed by atoms with Crippen LogP contribution in [0.15, 0.2) is 23.1 Å². The summed E-state index contributed by atoms with van der Waals surface area (Å²) in [6.45, 7) is 2.18. The highest BCUT2D eigenvalue weighted by Gasteiger charge is 2.41. The van der Waals surface area contributed by atoms with Gasteiger partial charge in [0.1, 0.15) is 6.04 Å². The number of rotatable bonds is 3. The summed E-state index contributed by atoms with van der Waals surface area (Å²) < 4.78 is 27.9. The first kappa shape index (κ1) is 19.0. The molecule has 28 heavy (non-hydrogen) atoms. The highest BCUT2D eigenvalue weighted by Crippen LogP contribution is 2.33. The Morgan fingerprint density at radius 2 is 1.89 bits per heavy atom. The second-order valence-corrected chi connectivity index (χ2v) is 9.10. The largest absolute Gasteiger partial charge is 0.322 e. The molecule has 0 saturated carbocycles. The standard InChI is InChI=1S/C18H22N4O5S/c23-16-6-5-14(17(24)20-16)22-11-13-12(18(22)25)3-1-4-15(13)28(26,27)21-9-2-7-19-8-10-21/h1,3-4,14,19H,2,5-11H2,(H,20,23,24). The molecule has 0 aliphatic carbocycles. The van der Waals surface area contributed by atoms with Crippen LogP contribution >= 0.6 is 0 Å². The van der Waals surface area contributed by atoms with Crippen LogP contribution in [-0.2, 0) is 26.2 Å². The van der Waals surface area contributed by atoms with Gasteiger partial charge in [-0.15, -0.1) is 0 Å². The van der Waals surface area contributed by atoms with E-state index < -0.39 is 22.0 Å². The average Bonchev–Trinajstić information content (AvgIpc) is 2.85. The van der Waals surface area contributed by atoms with Gasteiger partial charge in [-0.1, -0.05) is 6.07 Å². The molecule has 3 aliphatic heterocycles. The number of imide groups is 1. The SMILES string of the molecule is O=C1CCC(N2Cc3c(cccc3S(=O)(=O)N3CCCNCC3)C2=O)C(=O)N1. The highest BCUT2D eigenvalue weighted by molar-refractivity contribution is 7.89. The number of benzene rings is 1. The summed E-state index contributed by atoms with van der Waals surface area (Å²) in [4.78, 5) is 38.0. The van der Waals surface area contributed by atoms with Crippen LogP contribution < -0.4 is 10.6 Å². The number of hydrogen-bond acceptors (Lipinski definition) is 6. The van der Waals surface area contributed by atoms with Crippen LogP contribution in [-0.4, -0.2) is 67.6 Å². The zero-order chi connectivity index (χ0) is 19.9. The lowest BCUT2D eigenvalue weighted by atomic mass is 10.0. The molecular formula is C18H22N4O5S. The van der Waals surface area contributed by atoms with E-state index in [1.54, 1.807) is 12.1 Å². The van der Waals surface area contributed by atoms with Crippen molar-refractivity contribution in [3.63, 3.8) is 0 Å².